The van der Waals surface area contributed by atoms with Gasteiger partial charge in [0, 0.05) is 49.0 Å². The number of fused-ring (bicyclic) bond motifs is 1. The molecule has 5 heteroatoms. The zero-order valence-electron chi connectivity index (χ0n) is 12.4. The third-order valence-corrected chi connectivity index (χ3v) is 4.03. The summed E-state index contributed by atoms with van der Waals surface area (Å²) in [5.74, 6) is 0.919. The molecule has 21 heavy (non-hydrogen) atoms. The van der Waals surface area contributed by atoms with Gasteiger partial charge in [0.1, 0.15) is 11.9 Å². The molecule has 1 aliphatic heterocycles. The standard InChI is InChI=1S/C16H20ClN3O/c1-3-15-11-20(9-12-7-18-19(2)8-12)10-13-4-5-14(17)6-16(13)21-15/h4-8,15H,3,9-11H2,1-2H3. The minimum Gasteiger partial charge on any atom is -0.489 e. The highest BCUT2D eigenvalue weighted by Gasteiger charge is 2.22. The maximum atomic E-state index is 6.11. The van der Waals surface area contributed by atoms with Gasteiger partial charge in [0.05, 0.1) is 6.20 Å². The fourth-order valence-corrected chi connectivity index (χ4v) is 2.89. The number of hydrogen-bond acceptors (Lipinski definition) is 3. The number of rotatable bonds is 3. The Bertz CT molecular complexity index is 626. The Balaban J connectivity index is 1.83. The van der Waals surface area contributed by atoms with Crippen LogP contribution < -0.4 is 4.74 Å². The third-order valence-electron chi connectivity index (χ3n) is 3.80. The molecule has 0 amide bonds. The van der Waals surface area contributed by atoms with Crippen molar-refractivity contribution in [1.82, 2.24) is 14.7 Å². The lowest BCUT2D eigenvalue weighted by molar-refractivity contribution is 0.139. The van der Waals surface area contributed by atoms with Crippen LogP contribution in [0.25, 0.3) is 0 Å². The Hall–Kier alpha value is -1.52. The van der Waals surface area contributed by atoms with Crippen molar-refractivity contribution in [3.05, 3.63) is 46.7 Å². The zero-order valence-corrected chi connectivity index (χ0v) is 13.2. The van der Waals surface area contributed by atoms with E-state index >= 15 is 0 Å². The molecule has 1 aromatic heterocycles. The monoisotopic (exact) mass is 305 g/mol. The minimum atomic E-state index is 0.196. The van der Waals surface area contributed by atoms with Gasteiger partial charge in [0.15, 0.2) is 0 Å². The second-order valence-electron chi connectivity index (χ2n) is 5.59. The molecule has 0 radical (unpaired) electrons. The van der Waals surface area contributed by atoms with Gasteiger partial charge in [-0.1, -0.05) is 24.6 Å². The van der Waals surface area contributed by atoms with Gasteiger partial charge in [0.2, 0.25) is 0 Å². The molecule has 4 nitrogen and oxygen atoms in total. The van der Waals surface area contributed by atoms with E-state index in [0.717, 1.165) is 36.8 Å². The summed E-state index contributed by atoms with van der Waals surface area (Å²) in [6.07, 6.45) is 5.17. The largest absolute Gasteiger partial charge is 0.489 e. The molecule has 0 saturated heterocycles. The highest BCUT2D eigenvalue weighted by atomic mass is 35.5. The van der Waals surface area contributed by atoms with Crippen molar-refractivity contribution in [3.63, 3.8) is 0 Å². The van der Waals surface area contributed by atoms with Crippen LogP contribution in [-0.4, -0.2) is 27.3 Å². The first kappa shape index (κ1) is 14.4. The first-order chi connectivity index (χ1) is 10.1. The number of halogens is 1. The number of benzene rings is 1. The summed E-state index contributed by atoms with van der Waals surface area (Å²) in [4.78, 5) is 2.41. The van der Waals surface area contributed by atoms with E-state index in [9.17, 15) is 0 Å². The van der Waals surface area contributed by atoms with Gasteiger partial charge in [-0.05, 0) is 18.6 Å². The van der Waals surface area contributed by atoms with Crippen LogP contribution in [0.2, 0.25) is 5.02 Å². The van der Waals surface area contributed by atoms with Crippen molar-refractivity contribution < 1.29 is 4.74 Å². The predicted molar refractivity (Wildman–Crippen MR) is 83.5 cm³/mol. The maximum Gasteiger partial charge on any atom is 0.125 e. The van der Waals surface area contributed by atoms with Crippen molar-refractivity contribution in [3.8, 4) is 5.75 Å². The minimum absolute atomic E-state index is 0.196. The normalized spacial score (nSPS) is 18.9. The summed E-state index contributed by atoms with van der Waals surface area (Å²) in [5, 5.41) is 4.97. The molecule has 1 aliphatic rings. The lowest BCUT2D eigenvalue weighted by Gasteiger charge is -2.22. The number of aromatic nitrogens is 2. The average molecular weight is 306 g/mol. The summed E-state index contributed by atoms with van der Waals surface area (Å²) < 4.78 is 7.96. The first-order valence-electron chi connectivity index (χ1n) is 7.29. The quantitative estimate of drug-likeness (QED) is 0.872. The zero-order chi connectivity index (χ0) is 14.8. The SMILES string of the molecule is CCC1CN(Cc2cnn(C)c2)Cc2ccc(Cl)cc2O1. The van der Waals surface area contributed by atoms with E-state index in [1.54, 1.807) is 0 Å². The number of hydrogen-bond donors (Lipinski definition) is 0. The highest BCUT2D eigenvalue weighted by molar-refractivity contribution is 6.30. The van der Waals surface area contributed by atoms with Crippen LogP contribution in [0, 0.1) is 0 Å². The smallest absolute Gasteiger partial charge is 0.125 e. The maximum absolute atomic E-state index is 6.11. The summed E-state index contributed by atoms with van der Waals surface area (Å²) in [5.41, 5.74) is 2.42. The van der Waals surface area contributed by atoms with Crippen molar-refractivity contribution in [2.75, 3.05) is 6.54 Å². The second kappa shape index (κ2) is 6.08. The summed E-state index contributed by atoms with van der Waals surface area (Å²) in [7, 11) is 1.95. The van der Waals surface area contributed by atoms with Gasteiger partial charge in [-0.25, -0.2) is 0 Å². The molecule has 0 N–H and O–H groups in total. The topological polar surface area (TPSA) is 30.3 Å². The predicted octanol–water partition coefficient (Wildman–Crippen LogP) is 3.25. The van der Waals surface area contributed by atoms with E-state index in [2.05, 4.69) is 29.2 Å². The molecule has 2 aromatic rings. The first-order valence-corrected chi connectivity index (χ1v) is 7.67. The van der Waals surface area contributed by atoms with Crippen molar-refractivity contribution in [2.24, 2.45) is 7.05 Å². The molecule has 3 rings (SSSR count). The summed E-state index contributed by atoms with van der Waals surface area (Å²) in [6, 6.07) is 5.91. The Kier molecular flexibility index (Phi) is 4.17. The van der Waals surface area contributed by atoms with Crippen LogP contribution in [0.1, 0.15) is 24.5 Å². The van der Waals surface area contributed by atoms with E-state index < -0.39 is 0 Å². The number of nitrogens with zero attached hydrogens (tertiary/aromatic N) is 3. The van der Waals surface area contributed by atoms with Crippen LogP contribution in [-0.2, 0) is 20.1 Å². The fourth-order valence-electron chi connectivity index (χ4n) is 2.72. The Morgan fingerprint density at radius 3 is 3.00 bits per heavy atom. The Morgan fingerprint density at radius 2 is 2.29 bits per heavy atom. The van der Waals surface area contributed by atoms with Crippen LogP contribution in [0.4, 0.5) is 0 Å². The van der Waals surface area contributed by atoms with Crippen LogP contribution in [0.3, 0.4) is 0 Å². The van der Waals surface area contributed by atoms with E-state index in [1.165, 1.54) is 11.1 Å². The molecule has 0 bridgehead atoms. The van der Waals surface area contributed by atoms with Crippen LogP contribution in [0.15, 0.2) is 30.6 Å². The lowest BCUT2D eigenvalue weighted by Crippen LogP contribution is -2.32. The third kappa shape index (κ3) is 3.39. The van der Waals surface area contributed by atoms with Crippen molar-refractivity contribution >= 4 is 11.6 Å². The number of aryl methyl sites for hydroxylation is 1. The van der Waals surface area contributed by atoms with Gasteiger partial charge in [-0.15, -0.1) is 0 Å². The molecule has 1 atom stereocenters. The van der Waals surface area contributed by atoms with Crippen LogP contribution >= 0.6 is 11.6 Å². The Morgan fingerprint density at radius 1 is 1.43 bits per heavy atom. The van der Waals surface area contributed by atoms with E-state index in [0.29, 0.717) is 0 Å². The van der Waals surface area contributed by atoms with Crippen LogP contribution in [0.5, 0.6) is 5.75 Å². The van der Waals surface area contributed by atoms with Gasteiger partial charge >= 0.3 is 0 Å². The molecule has 112 valence electrons. The summed E-state index contributed by atoms with van der Waals surface area (Å²) >= 11 is 6.09. The van der Waals surface area contributed by atoms with E-state index in [1.807, 2.05) is 30.1 Å². The van der Waals surface area contributed by atoms with Crippen molar-refractivity contribution in [1.29, 1.82) is 0 Å². The molecule has 0 aliphatic carbocycles. The fraction of sp³-hybridized carbons (Fsp3) is 0.438. The van der Waals surface area contributed by atoms with Gasteiger partial charge in [-0.3, -0.25) is 9.58 Å². The van der Waals surface area contributed by atoms with Gasteiger partial charge < -0.3 is 4.74 Å². The van der Waals surface area contributed by atoms with E-state index in [4.69, 9.17) is 16.3 Å². The molecule has 0 fully saturated rings. The Labute approximate surface area is 130 Å². The highest BCUT2D eigenvalue weighted by Crippen LogP contribution is 2.29. The molecule has 2 heterocycles. The number of ether oxygens (including phenoxy) is 1. The molecule has 0 spiro atoms. The average Bonchev–Trinajstić information content (AvgIpc) is 2.77. The molecular weight excluding hydrogens is 286 g/mol. The van der Waals surface area contributed by atoms with E-state index in [-0.39, 0.29) is 6.10 Å². The molecule has 1 aromatic carbocycles. The summed E-state index contributed by atoms with van der Waals surface area (Å²) in [6.45, 7) is 4.83. The molecular formula is C16H20ClN3O. The second-order valence-corrected chi connectivity index (χ2v) is 6.03. The lowest BCUT2D eigenvalue weighted by atomic mass is 10.2. The van der Waals surface area contributed by atoms with Gasteiger partial charge in [-0.2, -0.15) is 5.10 Å². The van der Waals surface area contributed by atoms with Gasteiger partial charge in [0.25, 0.3) is 0 Å². The molecule has 0 saturated carbocycles. The molecule has 1 unspecified atom stereocenters. The van der Waals surface area contributed by atoms with Crippen molar-refractivity contribution in [2.45, 2.75) is 32.5 Å².